The van der Waals surface area contributed by atoms with E-state index in [0.29, 0.717) is 31.8 Å². The van der Waals surface area contributed by atoms with Crippen LogP contribution in [-0.4, -0.2) is 37.4 Å². The fraction of sp³-hybridized carbons (Fsp3) is 0.385. The van der Waals surface area contributed by atoms with Crippen LogP contribution in [0.15, 0.2) is 12.1 Å². The lowest BCUT2D eigenvalue weighted by molar-refractivity contribution is -0.138. The van der Waals surface area contributed by atoms with Gasteiger partial charge in [-0.3, -0.25) is 9.59 Å². The number of carbonyl (C=O) groups is 2. The molecule has 0 bridgehead atoms. The highest BCUT2D eigenvalue weighted by molar-refractivity contribution is 6.23. The number of aldehydes is 1. The van der Waals surface area contributed by atoms with E-state index in [1.54, 1.807) is 7.05 Å². The maximum absolute atomic E-state index is 11.2. The summed E-state index contributed by atoms with van der Waals surface area (Å²) in [6.45, 7) is 3.39. The standard InChI is InChI=1S/C13H15NO4/c1-9-5-11-12(18-4-3-17-11)6-10(9)7-14(2)13(16)8-15/h5-6,8H,3-4,7H2,1-2H3. The van der Waals surface area contributed by atoms with E-state index in [4.69, 9.17) is 9.47 Å². The molecule has 0 aromatic heterocycles. The topological polar surface area (TPSA) is 55.8 Å². The van der Waals surface area contributed by atoms with Gasteiger partial charge in [0.2, 0.25) is 6.29 Å². The third kappa shape index (κ3) is 2.45. The average molecular weight is 249 g/mol. The molecule has 1 aromatic carbocycles. The summed E-state index contributed by atoms with van der Waals surface area (Å²) in [5.41, 5.74) is 1.95. The van der Waals surface area contributed by atoms with Crippen LogP contribution in [0, 0.1) is 6.92 Å². The second-order valence-electron chi connectivity index (χ2n) is 4.23. The second-order valence-corrected chi connectivity index (χ2v) is 4.23. The molecule has 5 heteroatoms. The number of likely N-dealkylation sites (N-methyl/N-ethyl adjacent to an activating group) is 1. The number of benzene rings is 1. The van der Waals surface area contributed by atoms with Crippen molar-refractivity contribution in [2.45, 2.75) is 13.5 Å². The third-order valence-corrected chi connectivity index (χ3v) is 2.89. The Labute approximate surface area is 105 Å². The van der Waals surface area contributed by atoms with Crippen LogP contribution in [0.25, 0.3) is 0 Å². The maximum Gasteiger partial charge on any atom is 0.286 e. The molecule has 18 heavy (non-hydrogen) atoms. The van der Waals surface area contributed by atoms with E-state index >= 15 is 0 Å². The highest BCUT2D eigenvalue weighted by Crippen LogP contribution is 2.33. The first kappa shape index (κ1) is 12.4. The first-order valence-corrected chi connectivity index (χ1v) is 5.71. The van der Waals surface area contributed by atoms with Crippen molar-refractivity contribution in [3.63, 3.8) is 0 Å². The van der Waals surface area contributed by atoms with Gasteiger partial charge in [0.15, 0.2) is 11.5 Å². The SMILES string of the molecule is Cc1cc2c(cc1CN(C)C(=O)C=O)OCCO2. The van der Waals surface area contributed by atoms with E-state index in [0.717, 1.165) is 16.9 Å². The van der Waals surface area contributed by atoms with Crippen molar-refractivity contribution in [1.29, 1.82) is 0 Å². The van der Waals surface area contributed by atoms with Crippen molar-refractivity contribution in [2.24, 2.45) is 0 Å². The summed E-state index contributed by atoms with van der Waals surface area (Å²) in [6.07, 6.45) is 0.313. The van der Waals surface area contributed by atoms with Gasteiger partial charge in [0.25, 0.3) is 5.91 Å². The lowest BCUT2D eigenvalue weighted by atomic mass is 10.1. The number of rotatable bonds is 3. The molecule has 0 radical (unpaired) electrons. The summed E-state index contributed by atoms with van der Waals surface area (Å²) in [6, 6.07) is 3.75. The van der Waals surface area contributed by atoms with Crippen LogP contribution in [0.4, 0.5) is 0 Å². The highest BCUT2D eigenvalue weighted by Gasteiger charge is 2.16. The molecule has 1 aliphatic rings. The molecular weight excluding hydrogens is 234 g/mol. The minimum atomic E-state index is -0.538. The lowest BCUT2D eigenvalue weighted by Crippen LogP contribution is -2.27. The predicted octanol–water partition coefficient (Wildman–Crippen LogP) is 0.924. The summed E-state index contributed by atoms with van der Waals surface area (Å²) in [7, 11) is 1.59. The number of aryl methyl sites for hydroxylation is 1. The number of carbonyl (C=O) groups excluding carboxylic acids is 2. The van der Waals surface area contributed by atoms with Crippen molar-refractivity contribution < 1.29 is 19.1 Å². The van der Waals surface area contributed by atoms with Crippen LogP contribution in [-0.2, 0) is 16.1 Å². The molecule has 2 rings (SSSR count). The fourth-order valence-corrected chi connectivity index (χ4v) is 1.83. The van der Waals surface area contributed by atoms with Crippen molar-refractivity contribution in [1.82, 2.24) is 4.90 Å². The number of fused-ring (bicyclic) bond motifs is 1. The molecule has 1 aromatic rings. The smallest absolute Gasteiger partial charge is 0.286 e. The summed E-state index contributed by atoms with van der Waals surface area (Å²) < 4.78 is 11.0. The first-order valence-electron chi connectivity index (χ1n) is 5.71. The van der Waals surface area contributed by atoms with Gasteiger partial charge >= 0.3 is 0 Å². The van der Waals surface area contributed by atoms with Gasteiger partial charge in [-0.25, -0.2) is 0 Å². The van der Waals surface area contributed by atoms with Gasteiger partial charge in [-0.2, -0.15) is 0 Å². The average Bonchev–Trinajstić information content (AvgIpc) is 2.38. The Morgan fingerprint density at radius 1 is 1.33 bits per heavy atom. The van der Waals surface area contributed by atoms with Gasteiger partial charge in [0.05, 0.1) is 0 Å². The summed E-state index contributed by atoms with van der Waals surface area (Å²) in [5, 5.41) is 0. The molecule has 1 heterocycles. The fourth-order valence-electron chi connectivity index (χ4n) is 1.83. The van der Waals surface area contributed by atoms with Gasteiger partial charge in [0.1, 0.15) is 13.2 Å². The zero-order valence-electron chi connectivity index (χ0n) is 10.4. The van der Waals surface area contributed by atoms with E-state index in [1.165, 1.54) is 4.90 Å². The zero-order valence-corrected chi connectivity index (χ0v) is 10.4. The Morgan fingerprint density at radius 3 is 2.56 bits per heavy atom. The Balaban J connectivity index is 2.23. The number of hydrogen-bond donors (Lipinski definition) is 0. The summed E-state index contributed by atoms with van der Waals surface area (Å²) >= 11 is 0. The van der Waals surface area contributed by atoms with Crippen molar-refractivity contribution in [3.8, 4) is 11.5 Å². The Bertz CT molecular complexity index is 484. The van der Waals surface area contributed by atoms with Gasteiger partial charge < -0.3 is 14.4 Å². The van der Waals surface area contributed by atoms with Gasteiger partial charge in [-0.1, -0.05) is 0 Å². The molecule has 1 aliphatic heterocycles. The molecule has 0 saturated carbocycles. The quantitative estimate of drug-likeness (QED) is 0.590. The van der Waals surface area contributed by atoms with Gasteiger partial charge in [-0.15, -0.1) is 0 Å². The molecule has 0 aliphatic carbocycles. The molecule has 0 fully saturated rings. The normalized spacial score (nSPS) is 13.0. The Morgan fingerprint density at radius 2 is 1.94 bits per heavy atom. The molecular formula is C13H15NO4. The number of ether oxygens (including phenoxy) is 2. The molecule has 0 unspecified atom stereocenters. The van der Waals surface area contributed by atoms with Crippen LogP contribution in [0.1, 0.15) is 11.1 Å². The third-order valence-electron chi connectivity index (χ3n) is 2.89. The zero-order chi connectivity index (χ0) is 13.1. The van der Waals surface area contributed by atoms with Crippen molar-refractivity contribution in [2.75, 3.05) is 20.3 Å². The van der Waals surface area contributed by atoms with E-state index in [2.05, 4.69) is 0 Å². The summed E-state index contributed by atoms with van der Waals surface area (Å²) in [4.78, 5) is 23.0. The van der Waals surface area contributed by atoms with E-state index in [1.807, 2.05) is 19.1 Å². The van der Waals surface area contributed by atoms with E-state index in [9.17, 15) is 9.59 Å². The molecule has 0 N–H and O–H groups in total. The summed E-state index contributed by atoms with van der Waals surface area (Å²) in [5.74, 6) is 0.880. The molecule has 96 valence electrons. The Kier molecular flexibility index (Phi) is 3.50. The molecule has 5 nitrogen and oxygen atoms in total. The number of amides is 1. The second kappa shape index (κ2) is 5.08. The minimum absolute atomic E-state index is 0.313. The lowest BCUT2D eigenvalue weighted by Gasteiger charge is -2.22. The first-order chi connectivity index (χ1) is 8.61. The van der Waals surface area contributed by atoms with E-state index < -0.39 is 5.91 Å². The van der Waals surface area contributed by atoms with Crippen molar-refractivity contribution >= 4 is 12.2 Å². The number of nitrogens with zero attached hydrogens (tertiary/aromatic N) is 1. The van der Waals surface area contributed by atoms with Crippen LogP contribution in [0.3, 0.4) is 0 Å². The Hall–Kier alpha value is -2.04. The monoisotopic (exact) mass is 249 g/mol. The maximum atomic E-state index is 11.2. The van der Waals surface area contributed by atoms with Crippen LogP contribution >= 0.6 is 0 Å². The number of hydrogen-bond acceptors (Lipinski definition) is 4. The van der Waals surface area contributed by atoms with Crippen molar-refractivity contribution in [3.05, 3.63) is 23.3 Å². The molecule has 0 saturated heterocycles. The molecule has 0 atom stereocenters. The largest absolute Gasteiger partial charge is 0.486 e. The minimum Gasteiger partial charge on any atom is -0.486 e. The van der Waals surface area contributed by atoms with E-state index in [-0.39, 0.29) is 0 Å². The van der Waals surface area contributed by atoms with Gasteiger partial charge in [0, 0.05) is 13.6 Å². The van der Waals surface area contributed by atoms with Gasteiger partial charge in [-0.05, 0) is 30.2 Å². The van der Waals surface area contributed by atoms with Crippen LogP contribution in [0.5, 0.6) is 11.5 Å². The van der Waals surface area contributed by atoms with Crippen LogP contribution < -0.4 is 9.47 Å². The molecule has 0 spiro atoms. The van der Waals surface area contributed by atoms with Crippen LogP contribution in [0.2, 0.25) is 0 Å². The highest BCUT2D eigenvalue weighted by atomic mass is 16.6. The molecule has 1 amide bonds. The predicted molar refractivity (Wildman–Crippen MR) is 64.7 cm³/mol.